The molecule has 1 aliphatic heterocycles. The highest BCUT2D eigenvalue weighted by Crippen LogP contribution is 2.18. The summed E-state index contributed by atoms with van der Waals surface area (Å²) in [4.78, 5) is 24.5. The van der Waals surface area contributed by atoms with Crippen molar-refractivity contribution in [3.8, 4) is 0 Å². The monoisotopic (exact) mass is 213 g/mol. The Bertz CT molecular complexity index is 265. The van der Waals surface area contributed by atoms with Gasteiger partial charge in [-0.3, -0.25) is 9.59 Å². The Kier molecular flexibility index (Phi) is 3.68. The molecule has 2 atom stereocenters. The molecule has 1 heterocycles. The Morgan fingerprint density at radius 2 is 2.00 bits per heavy atom. The van der Waals surface area contributed by atoms with Crippen molar-refractivity contribution in [1.29, 1.82) is 0 Å². The van der Waals surface area contributed by atoms with Gasteiger partial charge in [0.05, 0.1) is 6.04 Å². The molecule has 86 valence electrons. The number of carbonyl (C=O) groups is 2. The first-order chi connectivity index (χ1) is 6.95. The largest absolute Gasteiger partial charge is 0.368 e. The third-order valence-corrected chi connectivity index (χ3v) is 2.87. The van der Waals surface area contributed by atoms with E-state index in [1.807, 2.05) is 13.8 Å². The predicted molar refractivity (Wildman–Crippen MR) is 56.7 cm³/mol. The van der Waals surface area contributed by atoms with E-state index in [-0.39, 0.29) is 11.8 Å². The van der Waals surface area contributed by atoms with Crippen molar-refractivity contribution in [3.63, 3.8) is 0 Å². The SMILES string of the molecule is CC(C)[C@@H](N)C(=O)N1CCC[C@H]1C(N)=O. The third-order valence-electron chi connectivity index (χ3n) is 2.87. The predicted octanol–water partition coefficient (Wildman–Crippen LogP) is -0.554. The van der Waals surface area contributed by atoms with Crippen LogP contribution >= 0.6 is 0 Å². The lowest BCUT2D eigenvalue weighted by molar-refractivity contribution is -0.139. The molecule has 4 N–H and O–H groups in total. The van der Waals surface area contributed by atoms with Gasteiger partial charge in [-0.15, -0.1) is 0 Å². The van der Waals surface area contributed by atoms with E-state index in [0.717, 1.165) is 6.42 Å². The summed E-state index contributed by atoms with van der Waals surface area (Å²) in [6.45, 7) is 4.36. The van der Waals surface area contributed by atoms with Crippen molar-refractivity contribution in [3.05, 3.63) is 0 Å². The van der Waals surface area contributed by atoms with Crippen molar-refractivity contribution in [2.75, 3.05) is 6.54 Å². The van der Waals surface area contributed by atoms with E-state index in [1.54, 1.807) is 0 Å². The van der Waals surface area contributed by atoms with Crippen molar-refractivity contribution < 1.29 is 9.59 Å². The van der Waals surface area contributed by atoms with Gasteiger partial charge in [-0.2, -0.15) is 0 Å². The van der Waals surface area contributed by atoms with Crippen LogP contribution in [0, 0.1) is 5.92 Å². The topological polar surface area (TPSA) is 89.4 Å². The lowest BCUT2D eigenvalue weighted by atomic mass is 10.0. The second-order valence-corrected chi connectivity index (χ2v) is 4.36. The van der Waals surface area contributed by atoms with Gasteiger partial charge >= 0.3 is 0 Å². The maximum atomic E-state index is 11.9. The number of hydrogen-bond acceptors (Lipinski definition) is 3. The van der Waals surface area contributed by atoms with Gasteiger partial charge in [0.1, 0.15) is 6.04 Å². The van der Waals surface area contributed by atoms with E-state index in [9.17, 15) is 9.59 Å². The number of likely N-dealkylation sites (tertiary alicyclic amines) is 1. The molecule has 5 nitrogen and oxygen atoms in total. The van der Waals surface area contributed by atoms with Crippen LogP contribution in [0.15, 0.2) is 0 Å². The van der Waals surface area contributed by atoms with Crippen LogP contribution in [-0.4, -0.2) is 35.3 Å². The average Bonchev–Trinajstić information content (AvgIpc) is 2.63. The highest BCUT2D eigenvalue weighted by atomic mass is 16.2. The van der Waals surface area contributed by atoms with Crippen LogP contribution in [0.5, 0.6) is 0 Å². The summed E-state index contributed by atoms with van der Waals surface area (Å²) in [6, 6.07) is -0.993. The van der Waals surface area contributed by atoms with Crippen LogP contribution in [0.1, 0.15) is 26.7 Å². The fraction of sp³-hybridized carbons (Fsp3) is 0.800. The van der Waals surface area contributed by atoms with E-state index >= 15 is 0 Å². The molecular formula is C10H19N3O2. The summed E-state index contributed by atoms with van der Waals surface area (Å²) in [5, 5.41) is 0. The molecule has 0 aromatic heterocycles. The standard InChI is InChI=1S/C10H19N3O2/c1-6(2)8(11)10(15)13-5-3-4-7(13)9(12)14/h6-8H,3-5,11H2,1-2H3,(H2,12,14)/t7-,8+/m0/s1. The van der Waals surface area contributed by atoms with E-state index in [1.165, 1.54) is 4.90 Å². The summed E-state index contributed by atoms with van der Waals surface area (Å²) >= 11 is 0. The molecule has 0 radical (unpaired) electrons. The van der Waals surface area contributed by atoms with Crippen LogP contribution in [-0.2, 0) is 9.59 Å². The Labute approximate surface area is 89.8 Å². The summed E-state index contributed by atoms with van der Waals surface area (Å²) in [6.07, 6.45) is 1.48. The quantitative estimate of drug-likeness (QED) is 0.659. The van der Waals surface area contributed by atoms with Gasteiger partial charge < -0.3 is 16.4 Å². The minimum Gasteiger partial charge on any atom is -0.368 e. The van der Waals surface area contributed by atoms with Crippen LogP contribution < -0.4 is 11.5 Å². The van der Waals surface area contributed by atoms with Crippen molar-refractivity contribution in [1.82, 2.24) is 4.90 Å². The summed E-state index contributed by atoms with van der Waals surface area (Å²) in [5.41, 5.74) is 11.0. The molecule has 5 heteroatoms. The van der Waals surface area contributed by atoms with Crippen LogP contribution in [0.3, 0.4) is 0 Å². The Morgan fingerprint density at radius 1 is 1.40 bits per heavy atom. The first kappa shape index (κ1) is 12.0. The lowest BCUT2D eigenvalue weighted by Gasteiger charge is -2.26. The molecule has 0 aliphatic carbocycles. The van der Waals surface area contributed by atoms with Crippen molar-refractivity contribution >= 4 is 11.8 Å². The number of rotatable bonds is 3. The molecule has 0 aromatic rings. The van der Waals surface area contributed by atoms with Crippen LogP contribution in [0.2, 0.25) is 0 Å². The number of nitrogens with zero attached hydrogens (tertiary/aromatic N) is 1. The number of amides is 2. The van der Waals surface area contributed by atoms with Gasteiger partial charge in [-0.05, 0) is 18.8 Å². The molecule has 0 aromatic carbocycles. The second-order valence-electron chi connectivity index (χ2n) is 4.36. The zero-order valence-corrected chi connectivity index (χ0v) is 9.27. The van der Waals surface area contributed by atoms with E-state index in [4.69, 9.17) is 11.5 Å². The molecule has 0 bridgehead atoms. The smallest absolute Gasteiger partial charge is 0.240 e. The maximum absolute atomic E-state index is 11.9. The Balaban J connectivity index is 2.70. The molecule has 0 saturated carbocycles. The first-order valence-electron chi connectivity index (χ1n) is 5.30. The third kappa shape index (κ3) is 2.47. The van der Waals surface area contributed by atoms with E-state index < -0.39 is 18.0 Å². The zero-order valence-electron chi connectivity index (χ0n) is 9.27. The van der Waals surface area contributed by atoms with Gasteiger partial charge in [0, 0.05) is 6.54 Å². The Hall–Kier alpha value is -1.10. The maximum Gasteiger partial charge on any atom is 0.240 e. The summed E-state index contributed by atoms with van der Waals surface area (Å²) < 4.78 is 0. The molecule has 1 rings (SSSR count). The lowest BCUT2D eigenvalue weighted by Crippen LogP contribution is -2.51. The molecule has 1 aliphatic rings. The number of primary amides is 1. The van der Waals surface area contributed by atoms with Gasteiger partial charge in [-0.1, -0.05) is 13.8 Å². The van der Waals surface area contributed by atoms with E-state index in [0.29, 0.717) is 13.0 Å². The molecule has 15 heavy (non-hydrogen) atoms. The molecule has 1 fully saturated rings. The number of hydrogen-bond donors (Lipinski definition) is 2. The Morgan fingerprint density at radius 3 is 2.47 bits per heavy atom. The van der Waals surface area contributed by atoms with Crippen molar-refractivity contribution in [2.45, 2.75) is 38.8 Å². The van der Waals surface area contributed by atoms with Crippen LogP contribution in [0.4, 0.5) is 0 Å². The first-order valence-corrected chi connectivity index (χ1v) is 5.30. The van der Waals surface area contributed by atoms with Gasteiger partial charge in [0.15, 0.2) is 0 Å². The second kappa shape index (κ2) is 4.61. The van der Waals surface area contributed by atoms with E-state index in [2.05, 4.69) is 0 Å². The zero-order chi connectivity index (χ0) is 11.6. The highest BCUT2D eigenvalue weighted by molar-refractivity contribution is 5.89. The highest BCUT2D eigenvalue weighted by Gasteiger charge is 2.35. The fourth-order valence-corrected chi connectivity index (χ4v) is 1.80. The average molecular weight is 213 g/mol. The van der Waals surface area contributed by atoms with Gasteiger partial charge in [-0.25, -0.2) is 0 Å². The molecule has 0 spiro atoms. The fourth-order valence-electron chi connectivity index (χ4n) is 1.80. The van der Waals surface area contributed by atoms with Gasteiger partial charge in [0.25, 0.3) is 0 Å². The molecule has 1 saturated heterocycles. The normalized spacial score (nSPS) is 23.2. The molecule has 0 unspecified atom stereocenters. The van der Waals surface area contributed by atoms with Crippen LogP contribution in [0.25, 0.3) is 0 Å². The number of nitrogens with two attached hydrogens (primary N) is 2. The van der Waals surface area contributed by atoms with Gasteiger partial charge in [0.2, 0.25) is 11.8 Å². The minimum atomic E-state index is -0.537. The minimum absolute atomic E-state index is 0.0756. The van der Waals surface area contributed by atoms with Crippen molar-refractivity contribution in [2.24, 2.45) is 17.4 Å². The number of carbonyl (C=O) groups excluding carboxylic acids is 2. The molecular weight excluding hydrogens is 194 g/mol. The summed E-state index contributed by atoms with van der Waals surface area (Å²) in [5.74, 6) is -0.519. The summed E-state index contributed by atoms with van der Waals surface area (Å²) in [7, 11) is 0. The molecule has 2 amide bonds.